The lowest BCUT2D eigenvalue weighted by Gasteiger charge is -2.28. The Morgan fingerprint density at radius 2 is 2.16 bits per heavy atom. The first-order valence-corrected chi connectivity index (χ1v) is 8.14. The topological polar surface area (TPSA) is 41.1 Å². The molecule has 4 heteroatoms. The van der Waals surface area contributed by atoms with Gasteiger partial charge in [-0.1, -0.05) is 0 Å². The quantitative estimate of drug-likeness (QED) is 0.889. The lowest BCUT2D eigenvalue weighted by Crippen LogP contribution is -2.39. The maximum atomic E-state index is 12.0. The van der Waals surface area contributed by atoms with E-state index in [1.165, 1.54) is 36.1 Å². The Kier molecular flexibility index (Phi) is 3.89. The van der Waals surface area contributed by atoms with Gasteiger partial charge < -0.3 is 10.6 Å². The Morgan fingerprint density at radius 1 is 1.42 bits per heavy atom. The molecule has 19 heavy (non-hydrogen) atoms. The van der Waals surface area contributed by atoms with E-state index in [9.17, 15) is 4.79 Å². The normalized spacial score (nSPS) is 29.4. The minimum Gasteiger partial charge on any atom is -0.351 e. The zero-order valence-electron chi connectivity index (χ0n) is 11.4. The van der Waals surface area contributed by atoms with Crippen LogP contribution in [0.25, 0.3) is 0 Å². The molecular weight excluding hydrogens is 256 g/mol. The average Bonchev–Trinajstić information content (AvgIpc) is 2.93. The van der Waals surface area contributed by atoms with Crippen molar-refractivity contribution in [3.8, 4) is 0 Å². The molecule has 1 amide bonds. The molecule has 2 N–H and O–H groups in total. The van der Waals surface area contributed by atoms with Crippen LogP contribution in [0.15, 0.2) is 11.4 Å². The van der Waals surface area contributed by atoms with Crippen molar-refractivity contribution in [2.24, 2.45) is 5.92 Å². The van der Waals surface area contributed by atoms with Gasteiger partial charge in [0.05, 0.1) is 6.54 Å². The summed E-state index contributed by atoms with van der Waals surface area (Å²) in [6, 6.07) is 3.46. The predicted octanol–water partition coefficient (Wildman–Crippen LogP) is 2.59. The molecule has 0 aromatic carbocycles. The van der Waals surface area contributed by atoms with Crippen LogP contribution in [-0.4, -0.2) is 18.0 Å². The van der Waals surface area contributed by atoms with E-state index in [0.29, 0.717) is 31.0 Å². The van der Waals surface area contributed by atoms with Gasteiger partial charge >= 0.3 is 0 Å². The van der Waals surface area contributed by atoms with Crippen LogP contribution in [0.2, 0.25) is 0 Å². The van der Waals surface area contributed by atoms with Crippen molar-refractivity contribution >= 4 is 17.2 Å². The zero-order chi connectivity index (χ0) is 13.2. The minimum atomic E-state index is 0.221. The van der Waals surface area contributed by atoms with Gasteiger partial charge in [-0.2, -0.15) is 0 Å². The Bertz CT molecular complexity index is 445. The molecule has 3 heterocycles. The summed E-state index contributed by atoms with van der Waals surface area (Å²) in [6.07, 6.45) is 5.68. The van der Waals surface area contributed by atoms with Gasteiger partial charge in [0.25, 0.3) is 0 Å². The first kappa shape index (κ1) is 13.1. The summed E-state index contributed by atoms with van der Waals surface area (Å²) in [7, 11) is 0. The maximum absolute atomic E-state index is 12.0. The van der Waals surface area contributed by atoms with Crippen LogP contribution in [0.3, 0.4) is 0 Å². The molecule has 2 saturated heterocycles. The lowest BCUT2D eigenvalue weighted by molar-refractivity contribution is -0.122. The summed E-state index contributed by atoms with van der Waals surface area (Å²) in [6.45, 7) is 2.79. The minimum absolute atomic E-state index is 0.221. The van der Waals surface area contributed by atoms with Gasteiger partial charge in [0, 0.05) is 23.4 Å². The highest BCUT2D eigenvalue weighted by Gasteiger charge is 2.34. The largest absolute Gasteiger partial charge is 0.351 e. The molecule has 2 aliphatic heterocycles. The van der Waals surface area contributed by atoms with E-state index in [4.69, 9.17) is 0 Å². The summed E-state index contributed by atoms with van der Waals surface area (Å²) >= 11 is 1.72. The van der Waals surface area contributed by atoms with E-state index < -0.39 is 0 Å². The Morgan fingerprint density at radius 3 is 2.79 bits per heavy atom. The highest BCUT2D eigenvalue weighted by molar-refractivity contribution is 7.10. The number of piperidine rings is 1. The van der Waals surface area contributed by atoms with Gasteiger partial charge in [0.2, 0.25) is 5.91 Å². The van der Waals surface area contributed by atoms with Gasteiger partial charge in [0.15, 0.2) is 0 Å². The molecule has 2 unspecified atom stereocenters. The molecule has 3 nitrogen and oxygen atoms in total. The zero-order valence-corrected chi connectivity index (χ0v) is 12.3. The fourth-order valence-corrected chi connectivity index (χ4v) is 4.29. The number of hydrogen-bond acceptors (Lipinski definition) is 3. The van der Waals surface area contributed by atoms with Gasteiger partial charge in [-0.3, -0.25) is 4.79 Å². The third-order valence-corrected chi connectivity index (χ3v) is 5.48. The number of aryl methyl sites for hydroxylation is 1. The number of carbonyl (C=O) groups is 1. The standard InChI is InChI=1S/C15H22N2OS/c1-10-4-5-19-14(10)9-16-15(18)8-11-6-12-2-3-13(7-11)17-12/h4-5,11-13,17H,2-3,6-9H2,1H3,(H,16,18). The molecule has 0 spiro atoms. The molecule has 104 valence electrons. The SMILES string of the molecule is Cc1ccsc1CNC(=O)CC1CC2CCC(C1)N2. The second kappa shape index (κ2) is 5.63. The van der Waals surface area contributed by atoms with E-state index in [1.807, 2.05) is 0 Å². The maximum Gasteiger partial charge on any atom is 0.220 e. The molecular formula is C15H22N2OS. The first-order chi connectivity index (χ1) is 9.20. The van der Waals surface area contributed by atoms with Gasteiger partial charge in [-0.25, -0.2) is 0 Å². The summed E-state index contributed by atoms with van der Waals surface area (Å²) in [5, 5.41) is 8.78. The lowest BCUT2D eigenvalue weighted by atomic mass is 9.89. The molecule has 2 bridgehead atoms. The number of amides is 1. The van der Waals surface area contributed by atoms with Crippen LogP contribution >= 0.6 is 11.3 Å². The second-order valence-electron chi connectivity index (χ2n) is 5.98. The monoisotopic (exact) mass is 278 g/mol. The van der Waals surface area contributed by atoms with Crippen LogP contribution in [0, 0.1) is 12.8 Å². The van der Waals surface area contributed by atoms with Gasteiger partial charge in [-0.05, 0) is 55.5 Å². The summed E-state index contributed by atoms with van der Waals surface area (Å²) in [4.78, 5) is 13.3. The molecule has 3 rings (SSSR count). The highest BCUT2D eigenvalue weighted by Crippen LogP contribution is 2.32. The number of carbonyl (C=O) groups excluding carboxylic acids is 1. The van der Waals surface area contributed by atoms with Crippen molar-refractivity contribution in [2.45, 2.75) is 57.7 Å². The number of nitrogens with one attached hydrogen (secondary N) is 2. The third kappa shape index (κ3) is 3.18. The molecule has 1 aromatic rings. The predicted molar refractivity (Wildman–Crippen MR) is 78.2 cm³/mol. The summed E-state index contributed by atoms with van der Waals surface area (Å²) in [5.74, 6) is 0.808. The first-order valence-electron chi connectivity index (χ1n) is 7.26. The van der Waals surface area contributed by atoms with E-state index in [1.54, 1.807) is 11.3 Å². The van der Waals surface area contributed by atoms with Crippen molar-refractivity contribution in [3.63, 3.8) is 0 Å². The van der Waals surface area contributed by atoms with E-state index in [2.05, 4.69) is 29.0 Å². The molecule has 2 fully saturated rings. The summed E-state index contributed by atoms with van der Waals surface area (Å²) in [5.41, 5.74) is 1.28. The highest BCUT2D eigenvalue weighted by atomic mass is 32.1. The van der Waals surface area contributed by atoms with Crippen LogP contribution < -0.4 is 10.6 Å². The van der Waals surface area contributed by atoms with E-state index in [0.717, 1.165) is 0 Å². The molecule has 2 atom stereocenters. The molecule has 0 aliphatic carbocycles. The third-order valence-electron chi connectivity index (χ3n) is 4.46. The second-order valence-corrected chi connectivity index (χ2v) is 6.98. The molecule has 2 aliphatic rings. The summed E-state index contributed by atoms with van der Waals surface area (Å²) < 4.78 is 0. The Labute approximate surface area is 118 Å². The van der Waals surface area contributed by atoms with Crippen LogP contribution in [0.1, 0.15) is 42.5 Å². The van der Waals surface area contributed by atoms with Crippen molar-refractivity contribution in [1.29, 1.82) is 0 Å². The molecule has 0 radical (unpaired) electrons. The van der Waals surface area contributed by atoms with Crippen molar-refractivity contribution in [3.05, 3.63) is 21.9 Å². The van der Waals surface area contributed by atoms with Gasteiger partial charge in [-0.15, -0.1) is 11.3 Å². The number of thiophene rings is 1. The fourth-order valence-electron chi connectivity index (χ4n) is 3.44. The van der Waals surface area contributed by atoms with Crippen LogP contribution in [-0.2, 0) is 11.3 Å². The number of fused-ring (bicyclic) bond motifs is 2. The molecule has 1 aromatic heterocycles. The van der Waals surface area contributed by atoms with E-state index >= 15 is 0 Å². The van der Waals surface area contributed by atoms with Gasteiger partial charge in [0.1, 0.15) is 0 Å². The van der Waals surface area contributed by atoms with Crippen molar-refractivity contribution in [2.75, 3.05) is 0 Å². The Hall–Kier alpha value is -0.870. The van der Waals surface area contributed by atoms with E-state index in [-0.39, 0.29) is 5.91 Å². The smallest absolute Gasteiger partial charge is 0.220 e. The number of hydrogen-bond donors (Lipinski definition) is 2. The average molecular weight is 278 g/mol. The number of rotatable bonds is 4. The van der Waals surface area contributed by atoms with Crippen LogP contribution in [0.4, 0.5) is 0 Å². The van der Waals surface area contributed by atoms with Crippen molar-refractivity contribution in [1.82, 2.24) is 10.6 Å². The van der Waals surface area contributed by atoms with Crippen LogP contribution in [0.5, 0.6) is 0 Å². The molecule has 0 saturated carbocycles. The Balaban J connectivity index is 1.45. The fraction of sp³-hybridized carbons (Fsp3) is 0.667. The van der Waals surface area contributed by atoms with Crippen molar-refractivity contribution < 1.29 is 4.79 Å².